The van der Waals surface area contributed by atoms with Crippen molar-refractivity contribution in [3.05, 3.63) is 52.9 Å². The van der Waals surface area contributed by atoms with Crippen molar-refractivity contribution in [2.45, 2.75) is 6.43 Å². The lowest BCUT2D eigenvalue weighted by atomic mass is 10.0. The molecule has 0 atom stereocenters. The lowest BCUT2D eigenvalue weighted by Crippen LogP contribution is -1.94. The fraction of sp³-hybridized carbons (Fsp3) is 0.0667. The Kier molecular flexibility index (Phi) is 4.35. The summed E-state index contributed by atoms with van der Waals surface area (Å²) in [5.41, 5.74) is -0.192. The number of aromatic nitrogens is 3. The van der Waals surface area contributed by atoms with Crippen molar-refractivity contribution in [3.63, 3.8) is 0 Å². The van der Waals surface area contributed by atoms with Gasteiger partial charge in [0, 0.05) is 6.07 Å². The molecule has 0 aliphatic carbocycles. The first-order chi connectivity index (χ1) is 11.6. The summed E-state index contributed by atoms with van der Waals surface area (Å²) in [6.07, 6.45) is -0.122. The van der Waals surface area contributed by atoms with Crippen LogP contribution in [0.15, 0.2) is 41.2 Å². The van der Waals surface area contributed by atoms with Gasteiger partial charge in [-0.3, -0.25) is 0 Å². The van der Waals surface area contributed by atoms with Crippen LogP contribution >= 0.6 is 11.6 Å². The molecular formula is C15H7ClF2N4O2. The van der Waals surface area contributed by atoms with Gasteiger partial charge >= 0.3 is 6.01 Å². The quantitative estimate of drug-likeness (QED) is 0.695. The van der Waals surface area contributed by atoms with Crippen LogP contribution in [0.3, 0.4) is 0 Å². The van der Waals surface area contributed by atoms with E-state index in [2.05, 4.69) is 15.1 Å². The molecule has 0 bridgehead atoms. The summed E-state index contributed by atoms with van der Waals surface area (Å²) in [5, 5.41) is 12.9. The number of nitrogens with zero attached hydrogens (tertiary/aromatic N) is 4. The van der Waals surface area contributed by atoms with Crippen molar-refractivity contribution in [3.8, 4) is 29.2 Å². The number of rotatable bonds is 4. The zero-order chi connectivity index (χ0) is 17.1. The van der Waals surface area contributed by atoms with Crippen LogP contribution in [0.1, 0.15) is 17.7 Å². The molecule has 0 aliphatic rings. The van der Waals surface area contributed by atoms with Crippen molar-refractivity contribution in [2.75, 3.05) is 0 Å². The maximum absolute atomic E-state index is 12.7. The molecule has 0 spiro atoms. The molecule has 0 saturated carbocycles. The van der Waals surface area contributed by atoms with Crippen molar-refractivity contribution in [1.29, 1.82) is 5.26 Å². The Balaban J connectivity index is 2.06. The first-order valence-corrected chi connectivity index (χ1v) is 6.90. The molecule has 0 aliphatic heterocycles. The average Bonchev–Trinajstić information content (AvgIpc) is 3.06. The van der Waals surface area contributed by atoms with Gasteiger partial charge in [0.05, 0.1) is 28.5 Å². The molecule has 6 nitrogen and oxygen atoms in total. The van der Waals surface area contributed by atoms with E-state index in [0.29, 0.717) is 5.02 Å². The van der Waals surface area contributed by atoms with Crippen molar-refractivity contribution in [2.24, 2.45) is 0 Å². The van der Waals surface area contributed by atoms with Crippen LogP contribution in [0, 0.1) is 11.3 Å². The Morgan fingerprint density at radius 3 is 2.62 bits per heavy atom. The van der Waals surface area contributed by atoms with E-state index in [1.54, 1.807) is 6.07 Å². The van der Waals surface area contributed by atoms with E-state index < -0.39 is 12.1 Å². The normalized spacial score (nSPS) is 10.6. The number of alkyl halides is 2. The monoisotopic (exact) mass is 348 g/mol. The fourth-order valence-electron chi connectivity index (χ4n) is 1.92. The van der Waals surface area contributed by atoms with E-state index in [1.807, 2.05) is 6.07 Å². The van der Waals surface area contributed by atoms with Gasteiger partial charge in [-0.05, 0) is 12.1 Å². The molecule has 0 saturated heterocycles. The first kappa shape index (κ1) is 15.8. The predicted molar refractivity (Wildman–Crippen MR) is 78.7 cm³/mol. The van der Waals surface area contributed by atoms with Crippen molar-refractivity contribution < 1.29 is 18.0 Å². The molecule has 120 valence electrons. The minimum atomic E-state index is -2.79. The van der Waals surface area contributed by atoms with Crippen LogP contribution in [0.4, 0.5) is 8.78 Å². The largest absolute Gasteiger partial charge is 0.423 e. The smallest absolute Gasteiger partial charge is 0.321 e. The molecule has 24 heavy (non-hydrogen) atoms. The Bertz CT molecular complexity index is 907. The number of benzene rings is 1. The van der Waals surface area contributed by atoms with Gasteiger partial charge in [-0.1, -0.05) is 22.8 Å². The van der Waals surface area contributed by atoms with Gasteiger partial charge in [0.15, 0.2) is 5.76 Å². The Morgan fingerprint density at radius 2 is 2.00 bits per heavy atom. The molecule has 9 heteroatoms. The van der Waals surface area contributed by atoms with Crippen molar-refractivity contribution in [1.82, 2.24) is 15.1 Å². The van der Waals surface area contributed by atoms with Gasteiger partial charge in [0.2, 0.25) is 0 Å². The Morgan fingerprint density at radius 1 is 1.25 bits per heavy atom. The third-order valence-electron chi connectivity index (χ3n) is 2.94. The minimum absolute atomic E-state index is 0.0218. The second kappa shape index (κ2) is 6.60. The summed E-state index contributed by atoms with van der Waals surface area (Å²) in [5.74, 6) is 0.139. The van der Waals surface area contributed by atoms with Crippen molar-refractivity contribution >= 4 is 11.6 Å². The van der Waals surface area contributed by atoms with E-state index in [9.17, 15) is 14.0 Å². The standard InChI is InChI=1S/C15H7ClF2N4O2/c16-9-6-20-15(21-7-9)23-11-3-1-2-8(5-19)13(11)12-4-10(14(17)18)22-24-12/h1-4,6-7,14H. The van der Waals surface area contributed by atoms with Crippen LogP contribution in [0.2, 0.25) is 5.02 Å². The van der Waals surface area contributed by atoms with Gasteiger partial charge < -0.3 is 9.26 Å². The third kappa shape index (κ3) is 3.16. The summed E-state index contributed by atoms with van der Waals surface area (Å²) in [6, 6.07) is 7.57. The summed E-state index contributed by atoms with van der Waals surface area (Å²) in [7, 11) is 0. The first-order valence-electron chi connectivity index (χ1n) is 6.52. The lowest BCUT2D eigenvalue weighted by Gasteiger charge is -2.08. The minimum Gasteiger partial charge on any atom is -0.423 e. The average molecular weight is 349 g/mol. The highest BCUT2D eigenvalue weighted by atomic mass is 35.5. The third-order valence-corrected chi connectivity index (χ3v) is 3.14. The molecule has 3 rings (SSSR count). The fourth-order valence-corrected chi connectivity index (χ4v) is 2.02. The van der Waals surface area contributed by atoms with Crippen LogP contribution in [0.25, 0.3) is 11.3 Å². The highest BCUT2D eigenvalue weighted by Crippen LogP contribution is 2.36. The SMILES string of the molecule is N#Cc1cccc(Oc2ncc(Cl)cn2)c1-c1cc(C(F)F)no1. The number of nitriles is 1. The molecule has 3 aromatic rings. The molecule has 0 unspecified atom stereocenters. The van der Waals surface area contributed by atoms with Crippen LogP contribution in [-0.4, -0.2) is 15.1 Å². The summed E-state index contributed by atoms with van der Waals surface area (Å²) < 4.78 is 35.9. The topological polar surface area (TPSA) is 84.8 Å². The Labute approximate surface area is 139 Å². The zero-order valence-corrected chi connectivity index (χ0v) is 12.5. The van der Waals surface area contributed by atoms with Gasteiger partial charge in [-0.25, -0.2) is 18.7 Å². The number of halogens is 3. The summed E-state index contributed by atoms with van der Waals surface area (Å²) in [4.78, 5) is 7.77. The molecule has 0 fully saturated rings. The van der Waals surface area contributed by atoms with Gasteiger partial charge in [0.1, 0.15) is 17.5 Å². The van der Waals surface area contributed by atoms with E-state index in [-0.39, 0.29) is 28.6 Å². The Hall–Kier alpha value is -3.05. The predicted octanol–water partition coefficient (Wildman–Crippen LogP) is 4.39. The molecule has 2 aromatic heterocycles. The molecule has 0 N–H and O–H groups in total. The van der Waals surface area contributed by atoms with Gasteiger partial charge in [0.25, 0.3) is 6.43 Å². The summed E-state index contributed by atoms with van der Waals surface area (Å²) >= 11 is 5.70. The van der Waals surface area contributed by atoms with Crippen LogP contribution in [0.5, 0.6) is 11.8 Å². The highest BCUT2D eigenvalue weighted by molar-refractivity contribution is 6.30. The lowest BCUT2D eigenvalue weighted by molar-refractivity contribution is 0.140. The summed E-state index contributed by atoms with van der Waals surface area (Å²) in [6.45, 7) is 0. The number of hydrogen-bond donors (Lipinski definition) is 0. The second-order valence-corrected chi connectivity index (χ2v) is 4.93. The number of hydrogen-bond acceptors (Lipinski definition) is 6. The van der Waals surface area contributed by atoms with E-state index in [0.717, 1.165) is 6.07 Å². The maximum atomic E-state index is 12.7. The van der Waals surface area contributed by atoms with Gasteiger partial charge in [-0.2, -0.15) is 5.26 Å². The molecular weight excluding hydrogens is 342 g/mol. The second-order valence-electron chi connectivity index (χ2n) is 4.49. The maximum Gasteiger partial charge on any atom is 0.321 e. The molecule has 1 aromatic carbocycles. The zero-order valence-electron chi connectivity index (χ0n) is 11.8. The van der Waals surface area contributed by atoms with Crippen LogP contribution < -0.4 is 4.74 Å². The highest BCUT2D eigenvalue weighted by Gasteiger charge is 2.21. The molecule has 2 heterocycles. The molecule has 0 radical (unpaired) electrons. The number of ether oxygens (including phenoxy) is 1. The van der Waals surface area contributed by atoms with Gasteiger partial charge in [-0.15, -0.1) is 0 Å². The van der Waals surface area contributed by atoms with Crippen LogP contribution in [-0.2, 0) is 0 Å². The van der Waals surface area contributed by atoms with E-state index in [1.165, 1.54) is 24.5 Å². The van der Waals surface area contributed by atoms with E-state index in [4.69, 9.17) is 20.9 Å². The van der Waals surface area contributed by atoms with E-state index >= 15 is 0 Å². The molecule has 0 amide bonds.